The number of anilines is 1. The van der Waals surface area contributed by atoms with Crippen LogP contribution in [0.5, 0.6) is 0 Å². The van der Waals surface area contributed by atoms with Gasteiger partial charge in [0.05, 0.1) is 11.6 Å². The second kappa shape index (κ2) is 6.54. The van der Waals surface area contributed by atoms with Gasteiger partial charge in [0, 0.05) is 56.1 Å². The lowest BCUT2D eigenvalue weighted by molar-refractivity contribution is 0.348. The number of pyridine rings is 1. The molecule has 8 heteroatoms. The van der Waals surface area contributed by atoms with E-state index in [9.17, 15) is 0 Å². The van der Waals surface area contributed by atoms with Crippen molar-refractivity contribution in [2.24, 2.45) is 13.0 Å². The molecule has 3 unspecified atom stereocenters. The zero-order chi connectivity index (χ0) is 18.4. The molecule has 2 N–H and O–H groups in total. The third-order valence-corrected chi connectivity index (χ3v) is 5.88. The first kappa shape index (κ1) is 16.6. The Morgan fingerprint density at radius 3 is 2.85 bits per heavy atom. The van der Waals surface area contributed by atoms with Gasteiger partial charge in [-0.05, 0) is 25.0 Å². The van der Waals surface area contributed by atoms with Crippen LogP contribution in [0, 0.1) is 5.92 Å². The van der Waals surface area contributed by atoms with Crippen molar-refractivity contribution in [3.05, 3.63) is 30.7 Å². The molecule has 3 atom stereocenters. The van der Waals surface area contributed by atoms with Crippen LogP contribution in [0.1, 0.15) is 19.8 Å². The number of aryl methyl sites for hydroxylation is 1. The van der Waals surface area contributed by atoms with Crippen molar-refractivity contribution >= 4 is 16.9 Å². The second-order valence-corrected chi connectivity index (χ2v) is 7.42. The van der Waals surface area contributed by atoms with Crippen molar-refractivity contribution in [1.29, 1.82) is 0 Å². The molecular formula is C19H24N8. The number of aromatic nitrogens is 5. The lowest BCUT2D eigenvalue weighted by atomic mass is 9.87. The van der Waals surface area contributed by atoms with E-state index in [-0.39, 0.29) is 0 Å². The predicted octanol–water partition coefficient (Wildman–Crippen LogP) is 1.51. The number of fused-ring (bicyclic) bond motifs is 2. The molecular weight excluding hydrogens is 340 g/mol. The van der Waals surface area contributed by atoms with Crippen LogP contribution < -0.4 is 15.8 Å². The summed E-state index contributed by atoms with van der Waals surface area (Å²) >= 11 is 0. The zero-order valence-electron chi connectivity index (χ0n) is 15.6. The number of rotatable bonds is 3. The molecule has 5 rings (SSSR count). The van der Waals surface area contributed by atoms with Crippen LogP contribution in [0.3, 0.4) is 0 Å². The Morgan fingerprint density at radius 2 is 2.04 bits per heavy atom. The highest BCUT2D eigenvalue weighted by atomic mass is 15.4. The minimum atomic E-state index is 0.503. The minimum Gasteiger partial charge on any atom is -0.355 e. The second-order valence-electron chi connectivity index (χ2n) is 7.42. The average molecular weight is 364 g/mol. The van der Waals surface area contributed by atoms with Crippen LogP contribution in [0.4, 0.5) is 5.82 Å². The first-order valence-electron chi connectivity index (χ1n) is 9.60. The normalized spacial score (nSPS) is 25.1. The van der Waals surface area contributed by atoms with Gasteiger partial charge in [-0.15, -0.1) is 0 Å². The lowest BCUT2D eigenvalue weighted by Gasteiger charge is -2.37. The van der Waals surface area contributed by atoms with Gasteiger partial charge < -0.3 is 4.90 Å². The van der Waals surface area contributed by atoms with Gasteiger partial charge >= 0.3 is 0 Å². The van der Waals surface area contributed by atoms with E-state index in [0.717, 1.165) is 54.2 Å². The molecule has 2 fully saturated rings. The summed E-state index contributed by atoms with van der Waals surface area (Å²) in [5, 5.41) is 5.45. The monoisotopic (exact) mass is 364 g/mol. The molecule has 2 aliphatic rings. The Bertz CT molecular complexity index is 947. The van der Waals surface area contributed by atoms with Crippen LogP contribution in [-0.2, 0) is 7.05 Å². The Hall–Kier alpha value is -2.58. The van der Waals surface area contributed by atoms with Crippen molar-refractivity contribution in [1.82, 2.24) is 35.6 Å². The van der Waals surface area contributed by atoms with E-state index in [2.05, 4.69) is 32.8 Å². The fourth-order valence-electron chi connectivity index (χ4n) is 4.37. The van der Waals surface area contributed by atoms with E-state index in [4.69, 9.17) is 9.97 Å². The van der Waals surface area contributed by atoms with Crippen molar-refractivity contribution in [2.75, 3.05) is 18.0 Å². The summed E-state index contributed by atoms with van der Waals surface area (Å²) in [6, 6.07) is 4.94. The van der Waals surface area contributed by atoms with E-state index in [1.807, 2.05) is 30.1 Å². The van der Waals surface area contributed by atoms with Gasteiger partial charge in [-0.25, -0.2) is 9.97 Å². The number of hydrogen-bond acceptors (Lipinski definition) is 7. The van der Waals surface area contributed by atoms with E-state index >= 15 is 0 Å². The van der Waals surface area contributed by atoms with E-state index in [1.165, 1.54) is 0 Å². The molecule has 0 aliphatic carbocycles. The Kier molecular flexibility index (Phi) is 4.02. The van der Waals surface area contributed by atoms with Crippen LogP contribution in [0.2, 0.25) is 0 Å². The number of nitrogens with one attached hydrogen (secondary N) is 2. The van der Waals surface area contributed by atoms with E-state index in [1.54, 1.807) is 12.4 Å². The smallest absolute Gasteiger partial charge is 0.164 e. The van der Waals surface area contributed by atoms with Gasteiger partial charge in [-0.2, -0.15) is 5.10 Å². The molecule has 0 amide bonds. The van der Waals surface area contributed by atoms with Gasteiger partial charge in [0.25, 0.3) is 0 Å². The van der Waals surface area contributed by atoms with Crippen molar-refractivity contribution in [3.63, 3.8) is 0 Å². The van der Waals surface area contributed by atoms with Crippen molar-refractivity contribution in [2.45, 2.75) is 31.8 Å². The third kappa shape index (κ3) is 2.76. The first-order chi connectivity index (χ1) is 13.2. The van der Waals surface area contributed by atoms with E-state index < -0.39 is 0 Å². The summed E-state index contributed by atoms with van der Waals surface area (Å²) in [5.74, 6) is 2.29. The standard InChI is InChI=1S/C19H24N8/c1-3-15-14-11-27(9-6-16(14)25-24-15)19-13-10-21-26(2)18(13)22-17(23-19)12-4-7-20-8-5-12/h4-5,7-8,10,14-16,24-25H,3,6,9,11H2,1-2H3. The molecule has 0 spiro atoms. The molecule has 140 valence electrons. The molecule has 0 radical (unpaired) electrons. The number of hydrogen-bond donors (Lipinski definition) is 2. The van der Waals surface area contributed by atoms with Gasteiger partial charge in [0.15, 0.2) is 11.5 Å². The quantitative estimate of drug-likeness (QED) is 0.729. The topological polar surface area (TPSA) is 83.8 Å². The number of hydrazine groups is 1. The molecule has 0 saturated carbocycles. The molecule has 2 saturated heterocycles. The fourth-order valence-corrected chi connectivity index (χ4v) is 4.37. The molecule has 27 heavy (non-hydrogen) atoms. The molecule has 0 aromatic carbocycles. The molecule has 8 nitrogen and oxygen atoms in total. The highest BCUT2D eigenvalue weighted by Gasteiger charge is 2.39. The van der Waals surface area contributed by atoms with Gasteiger partial charge in [-0.1, -0.05) is 6.92 Å². The largest absolute Gasteiger partial charge is 0.355 e. The highest BCUT2D eigenvalue weighted by Crippen LogP contribution is 2.32. The fraction of sp³-hybridized carbons (Fsp3) is 0.474. The zero-order valence-corrected chi connectivity index (χ0v) is 15.6. The molecule has 5 heterocycles. The summed E-state index contributed by atoms with van der Waals surface area (Å²) in [6.45, 7) is 4.20. The Morgan fingerprint density at radius 1 is 1.19 bits per heavy atom. The minimum absolute atomic E-state index is 0.503. The first-order valence-corrected chi connectivity index (χ1v) is 9.60. The van der Waals surface area contributed by atoms with Gasteiger partial charge in [-0.3, -0.25) is 20.5 Å². The van der Waals surface area contributed by atoms with Crippen LogP contribution >= 0.6 is 0 Å². The maximum Gasteiger partial charge on any atom is 0.164 e. The molecule has 3 aromatic rings. The number of piperidine rings is 1. The summed E-state index contributed by atoms with van der Waals surface area (Å²) < 4.78 is 1.82. The average Bonchev–Trinajstić information content (AvgIpc) is 3.31. The molecule has 0 bridgehead atoms. The third-order valence-electron chi connectivity index (χ3n) is 5.88. The van der Waals surface area contributed by atoms with Gasteiger partial charge in [0.2, 0.25) is 0 Å². The van der Waals surface area contributed by atoms with Crippen LogP contribution in [-0.4, -0.2) is 49.9 Å². The van der Waals surface area contributed by atoms with Crippen molar-refractivity contribution in [3.8, 4) is 11.4 Å². The summed E-state index contributed by atoms with van der Waals surface area (Å²) in [4.78, 5) is 16.3. The SMILES string of the molecule is CCC1NNC2CCN(c3nc(-c4ccncc4)nc4c3cnn4C)CC12. The van der Waals surface area contributed by atoms with Crippen LogP contribution in [0.25, 0.3) is 22.4 Å². The maximum atomic E-state index is 4.97. The summed E-state index contributed by atoms with van der Waals surface area (Å²) in [6.07, 6.45) is 7.66. The van der Waals surface area contributed by atoms with E-state index in [0.29, 0.717) is 18.0 Å². The van der Waals surface area contributed by atoms with Gasteiger partial charge in [0.1, 0.15) is 5.82 Å². The highest BCUT2D eigenvalue weighted by molar-refractivity contribution is 5.88. The predicted molar refractivity (Wildman–Crippen MR) is 104 cm³/mol. The lowest BCUT2D eigenvalue weighted by Crippen LogP contribution is -2.46. The number of nitrogens with zero attached hydrogens (tertiary/aromatic N) is 6. The van der Waals surface area contributed by atoms with Crippen molar-refractivity contribution < 1.29 is 0 Å². The maximum absolute atomic E-state index is 4.97. The molecule has 3 aromatic heterocycles. The summed E-state index contributed by atoms with van der Waals surface area (Å²) in [5.41, 5.74) is 8.78. The Balaban J connectivity index is 1.58. The molecule has 2 aliphatic heterocycles. The summed E-state index contributed by atoms with van der Waals surface area (Å²) in [7, 11) is 1.93. The van der Waals surface area contributed by atoms with Crippen LogP contribution in [0.15, 0.2) is 30.7 Å². The Labute approximate surface area is 158 Å².